The molecule has 0 atom stereocenters. The summed E-state index contributed by atoms with van der Waals surface area (Å²) in [5.41, 5.74) is 0.948. The molecule has 3 amide bonds. The fourth-order valence-electron chi connectivity index (χ4n) is 3.36. The van der Waals surface area contributed by atoms with Crippen LogP contribution in [0.5, 0.6) is 0 Å². The summed E-state index contributed by atoms with van der Waals surface area (Å²) < 4.78 is 39.2. The lowest BCUT2D eigenvalue weighted by molar-refractivity contribution is -0.136. The van der Waals surface area contributed by atoms with Gasteiger partial charge in [0.2, 0.25) is 5.91 Å². The highest BCUT2D eigenvalue weighted by atomic mass is 19.4. The van der Waals surface area contributed by atoms with Crippen LogP contribution >= 0.6 is 0 Å². The van der Waals surface area contributed by atoms with Gasteiger partial charge < -0.3 is 15.5 Å². The average molecular weight is 389 g/mol. The molecule has 28 heavy (non-hydrogen) atoms. The molecule has 1 saturated carbocycles. The second-order valence-corrected chi connectivity index (χ2v) is 6.98. The number of urea groups is 1. The molecule has 2 N–H and O–H groups in total. The summed E-state index contributed by atoms with van der Waals surface area (Å²) in [6.07, 6.45) is -2.01. The molecule has 1 aliphatic carbocycles. The van der Waals surface area contributed by atoms with Crippen molar-refractivity contribution in [3.8, 4) is 0 Å². The zero-order chi connectivity index (χ0) is 19.9. The number of para-hydroxylation sites is 1. The maximum absolute atomic E-state index is 13.1. The van der Waals surface area contributed by atoms with Crippen LogP contribution in [0, 0.1) is 5.92 Å². The summed E-state index contributed by atoms with van der Waals surface area (Å²) in [7, 11) is 0. The van der Waals surface area contributed by atoms with Crippen molar-refractivity contribution in [3.63, 3.8) is 0 Å². The van der Waals surface area contributed by atoms with Gasteiger partial charge in [-0.15, -0.1) is 0 Å². The van der Waals surface area contributed by atoms with Gasteiger partial charge in [-0.25, -0.2) is 4.79 Å². The lowest BCUT2D eigenvalue weighted by Crippen LogP contribution is -2.30. The lowest BCUT2D eigenvalue weighted by atomic mass is 10.1. The number of benzene rings is 2. The van der Waals surface area contributed by atoms with Crippen LogP contribution in [-0.4, -0.2) is 18.5 Å². The molecule has 0 spiro atoms. The Hall–Kier alpha value is -3.03. The molecule has 0 saturated heterocycles. The molecular weight excluding hydrogens is 371 g/mol. The molecular formula is C20H18F3N3O2. The van der Waals surface area contributed by atoms with Gasteiger partial charge in [0, 0.05) is 23.8 Å². The Morgan fingerprint density at radius 2 is 1.79 bits per heavy atom. The highest BCUT2D eigenvalue weighted by Gasteiger charge is 2.36. The first kappa shape index (κ1) is 18.3. The Kier molecular flexibility index (Phi) is 4.49. The highest BCUT2D eigenvalue weighted by Crippen LogP contribution is 2.38. The number of carbonyl (C=O) groups is 2. The molecule has 0 aromatic heterocycles. The molecule has 5 nitrogen and oxygen atoms in total. The van der Waals surface area contributed by atoms with E-state index in [1.807, 2.05) is 6.07 Å². The topological polar surface area (TPSA) is 61.4 Å². The van der Waals surface area contributed by atoms with Crippen LogP contribution in [0.3, 0.4) is 0 Å². The minimum absolute atomic E-state index is 0.0877. The Morgan fingerprint density at radius 1 is 1.04 bits per heavy atom. The number of hydrogen-bond donors (Lipinski definition) is 2. The number of halogens is 3. The van der Waals surface area contributed by atoms with Crippen LogP contribution in [0.2, 0.25) is 0 Å². The van der Waals surface area contributed by atoms with Gasteiger partial charge in [0.05, 0.1) is 11.3 Å². The van der Waals surface area contributed by atoms with Crippen molar-refractivity contribution < 1.29 is 22.8 Å². The summed E-state index contributed by atoms with van der Waals surface area (Å²) in [6.45, 7) is 0.610. The zero-order valence-corrected chi connectivity index (χ0v) is 14.8. The van der Waals surface area contributed by atoms with E-state index in [1.54, 1.807) is 17.0 Å². The van der Waals surface area contributed by atoms with Crippen LogP contribution < -0.4 is 15.5 Å². The van der Waals surface area contributed by atoms with Crippen molar-refractivity contribution in [3.05, 3.63) is 53.6 Å². The number of carbonyl (C=O) groups excluding carboxylic acids is 2. The second-order valence-electron chi connectivity index (χ2n) is 6.98. The van der Waals surface area contributed by atoms with Gasteiger partial charge in [0.25, 0.3) is 0 Å². The molecule has 2 aromatic carbocycles. The number of nitrogens with one attached hydrogen (secondary N) is 2. The van der Waals surface area contributed by atoms with E-state index in [2.05, 4.69) is 10.6 Å². The van der Waals surface area contributed by atoms with E-state index >= 15 is 0 Å². The van der Waals surface area contributed by atoms with Gasteiger partial charge in [0.1, 0.15) is 0 Å². The third-order valence-electron chi connectivity index (χ3n) is 4.91. The van der Waals surface area contributed by atoms with Gasteiger partial charge in [-0.05, 0) is 49.1 Å². The summed E-state index contributed by atoms with van der Waals surface area (Å²) >= 11 is 0. The minimum Gasteiger partial charge on any atom is -0.312 e. The predicted octanol–water partition coefficient (Wildman–Crippen LogP) is 4.65. The van der Waals surface area contributed by atoms with Crippen molar-refractivity contribution in [1.82, 2.24) is 0 Å². The summed E-state index contributed by atoms with van der Waals surface area (Å²) in [4.78, 5) is 26.4. The molecule has 0 unspecified atom stereocenters. The van der Waals surface area contributed by atoms with Gasteiger partial charge >= 0.3 is 12.2 Å². The first-order valence-corrected chi connectivity index (χ1v) is 9.01. The van der Waals surface area contributed by atoms with Gasteiger partial charge in [0.15, 0.2) is 0 Å². The van der Waals surface area contributed by atoms with E-state index in [0.29, 0.717) is 12.2 Å². The highest BCUT2D eigenvalue weighted by molar-refractivity contribution is 6.02. The van der Waals surface area contributed by atoms with Gasteiger partial charge in [-0.1, -0.05) is 18.2 Å². The quantitative estimate of drug-likeness (QED) is 0.803. The van der Waals surface area contributed by atoms with Crippen LogP contribution in [0.15, 0.2) is 42.5 Å². The third-order valence-corrected chi connectivity index (χ3v) is 4.91. The van der Waals surface area contributed by atoms with E-state index in [0.717, 1.165) is 36.6 Å². The van der Waals surface area contributed by atoms with E-state index in [-0.39, 0.29) is 17.5 Å². The Morgan fingerprint density at radius 3 is 2.50 bits per heavy atom. The first-order valence-electron chi connectivity index (χ1n) is 9.01. The summed E-state index contributed by atoms with van der Waals surface area (Å²) in [5.74, 6) is 0.184. The van der Waals surface area contributed by atoms with Gasteiger partial charge in [-0.2, -0.15) is 13.2 Å². The molecule has 2 aromatic rings. The van der Waals surface area contributed by atoms with E-state index in [4.69, 9.17) is 0 Å². The van der Waals surface area contributed by atoms with Gasteiger partial charge in [-0.3, -0.25) is 4.79 Å². The fraction of sp³-hybridized carbons (Fsp3) is 0.300. The molecule has 2 aliphatic rings. The Labute approximate surface area is 159 Å². The SMILES string of the molecule is O=C(Nc1ccc2c(c1)N(C(=O)C1CC1)CC2)Nc1ccccc1C(F)(F)F. The number of nitrogens with zero attached hydrogens (tertiary/aromatic N) is 1. The number of alkyl halides is 3. The van der Waals surface area contributed by atoms with Crippen LogP contribution in [0.4, 0.5) is 35.0 Å². The largest absolute Gasteiger partial charge is 0.418 e. The monoisotopic (exact) mass is 389 g/mol. The summed E-state index contributed by atoms with van der Waals surface area (Å²) in [6, 6.07) is 9.20. The normalized spacial score (nSPS) is 15.9. The van der Waals surface area contributed by atoms with Crippen LogP contribution in [0.25, 0.3) is 0 Å². The van der Waals surface area contributed by atoms with Crippen LogP contribution in [-0.2, 0) is 17.4 Å². The fourth-order valence-corrected chi connectivity index (χ4v) is 3.36. The predicted molar refractivity (Wildman–Crippen MR) is 99.3 cm³/mol. The van der Waals surface area contributed by atoms with Crippen molar-refractivity contribution in [1.29, 1.82) is 0 Å². The van der Waals surface area contributed by atoms with E-state index in [9.17, 15) is 22.8 Å². The average Bonchev–Trinajstić information content (AvgIpc) is 3.40. The molecule has 0 radical (unpaired) electrons. The van der Waals surface area contributed by atoms with Crippen molar-refractivity contribution in [2.24, 2.45) is 5.92 Å². The maximum Gasteiger partial charge on any atom is 0.418 e. The smallest absolute Gasteiger partial charge is 0.312 e. The van der Waals surface area contributed by atoms with Crippen molar-refractivity contribution in [2.75, 3.05) is 22.1 Å². The standard InChI is InChI=1S/C20H18F3N3O2/c21-20(22,23)15-3-1-2-4-16(15)25-19(28)24-14-8-7-12-9-10-26(17(12)11-14)18(27)13-5-6-13/h1-4,7-8,11,13H,5-6,9-10H2,(H2,24,25,28). The molecule has 1 heterocycles. The van der Waals surface area contributed by atoms with E-state index in [1.165, 1.54) is 18.2 Å². The van der Waals surface area contributed by atoms with Crippen molar-refractivity contribution in [2.45, 2.75) is 25.4 Å². The second kappa shape index (κ2) is 6.85. The minimum atomic E-state index is -4.57. The number of fused-ring (bicyclic) bond motifs is 1. The van der Waals surface area contributed by atoms with E-state index < -0.39 is 17.8 Å². The Bertz CT molecular complexity index is 939. The molecule has 1 aliphatic heterocycles. The number of anilines is 3. The van der Waals surface area contributed by atoms with Crippen LogP contribution in [0.1, 0.15) is 24.0 Å². The molecule has 146 valence electrons. The third kappa shape index (κ3) is 3.67. The van der Waals surface area contributed by atoms with Crippen molar-refractivity contribution >= 4 is 29.0 Å². The Balaban J connectivity index is 1.49. The molecule has 0 bridgehead atoms. The summed E-state index contributed by atoms with van der Waals surface area (Å²) in [5, 5.41) is 4.79. The first-order chi connectivity index (χ1) is 13.3. The molecule has 1 fully saturated rings. The number of rotatable bonds is 3. The lowest BCUT2D eigenvalue weighted by Gasteiger charge is -2.18. The molecule has 4 rings (SSSR count). The number of amides is 3. The maximum atomic E-state index is 13.1. The molecule has 8 heteroatoms. The number of hydrogen-bond acceptors (Lipinski definition) is 2. The zero-order valence-electron chi connectivity index (χ0n) is 14.8.